The van der Waals surface area contributed by atoms with Crippen molar-refractivity contribution in [1.82, 2.24) is 9.78 Å². The van der Waals surface area contributed by atoms with Gasteiger partial charge in [-0.25, -0.2) is 4.68 Å². The molecule has 4 aromatic carbocycles. The quantitative estimate of drug-likeness (QED) is 0.192. The lowest BCUT2D eigenvalue weighted by Gasteiger charge is -2.28. The monoisotopic (exact) mass is 516 g/mol. The van der Waals surface area contributed by atoms with E-state index in [0.717, 1.165) is 27.3 Å². The minimum Gasteiger partial charge on any atom is -0.287 e. The van der Waals surface area contributed by atoms with Gasteiger partial charge in [0, 0.05) is 5.41 Å². The Morgan fingerprint density at radius 3 is 1.58 bits per heavy atom. The van der Waals surface area contributed by atoms with Gasteiger partial charge in [0.05, 0.1) is 11.4 Å². The number of rotatable bonds is 6. The molecule has 0 aliphatic heterocycles. The van der Waals surface area contributed by atoms with Crippen LogP contribution in [0.4, 0.5) is 0 Å². The molecule has 0 N–H and O–H groups in total. The number of hydrogen-bond donors (Lipinski definition) is 0. The van der Waals surface area contributed by atoms with Crippen LogP contribution in [-0.4, -0.2) is 21.4 Å². The van der Waals surface area contributed by atoms with Crippen molar-refractivity contribution in [1.29, 1.82) is 0 Å². The molecule has 0 bridgehead atoms. The summed E-state index contributed by atoms with van der Waals surface area (Å²) in [5.41, 5.74) is 3.31. The predicted molar refractivity (Wildman–Crippen MR) is 163 cm³/mol. The number of nitrogens with zero attached hydrogens (tertiary/aromatic N) is 2. The van der Waals surface area contributed by atoms with Gasteiger partial charge in [0.25, 0.3) is 0 Å². The molecule has 0 aliphatic rings. The molecule has 0 spiro atoms. The number of carbonyl (C=O) groups excluding carboxylic acids is 1. The van der Waals surface area contributed by atoms with Gasteiger partial charge in [-0.3, -0.25) is 4.79 Å². The molecule has 190 valence electrons. The van der Waals surface area contributed by atoms with Crippen LogP contribution in [0.1, 0.15) is 42.5 Å². The highest BCUT2D eigenvalue weighted by Gasteiger charge is 2.29. The third-order valence-electron chi connectivity index (χ3n) is 6.81. The Bertz CT molecular complexity index is 1490. The van der Waals surface area contributed by atoms with E-state index in [0.29, 0.717) is 5.69 Å². The molecule has 3 nitrogen and oxygen atoms in total. The predicted octanol–water partition coefficient (Wildman–Crippen LogP) is 6.46. The number of benzene rings is 4. The molecule has 0 fully saturated rings. The van der Waals surface area contributed by atoms with Crippen LogP contribution in [-0.2, 0) is 5.41 Å². The van der Waals surface area contributed by atoms with Gasteiger partial charge < -0.3 is 0 Å². The van der Waals surface area contributed by atoms with E-state index in [9.17, 15) is 4.79 Å². The summed E-state index contributed by atoms with van der Waals surface area (Å²) in [4.78, 5) is 14.5. The third kappa shape index (κ3) is 4.95. The van der Waals surface area contributed by atoms with Crippen molar-refractivity contribution in [2.24, 2.45) is 0 Å². The van der Waals surface area contributed by atoms with Crippen LogP contribution in [0.2, 0.25) is 0 Å². The number of carbonyl (C=O) groups is 1. The van der Waals surface area contributed by atoms with E-state index < -0.39 is 6.89 Å². The first-order valence-corrected chi connectivity index (χ1v) is 14.8. The fourth-order valence-electron chi connectivity index (χ4n) is 4.71. The lowest BCUT2D eigenvalue weighted by Crippen LogP contribution is -2.29. The molecule has 38 heavy (non-hydrogen) atoms. The summed E-state index contributed by atoms with van der Waals surface area (Å²) >= 11 is 0. The maximum Gasteiger partial charge on any atom is 0.205 e. The van der Waals surface area contributed by atoms with Crippen LogP contribution >= 0.6 is 6.89 Å². The largest absolute Gasteiger partial charge is 0.287 e. The third-order valence-corrected chi connectivity index (χ3v) is 10.8. The van der Waals surface area contributed by atoms with Gasteiger partial charge in [0.15, 0.2) is 0 Å². The highest BCUT2D eigenvalue weighted by Crippen LogP contribution is 2.44. The summed E-state index contributed by atoms with van der Waals surface area (Å²) < 4.78 is 1.81. The maximum absolute atomic E-state index is 14.5. The second-order valence-electron chi connectivity index (χ2n) is 10.6. The van der Waals surface area contributed by atoms with Crippen molar-refractivity contribution in [3.8, 4) is 5.69 Å². The molecule has 0 amide bonds. The topological polar surface area (TPSA) is 34.9 Å². The van der Waals surface area contributed by atoms with Crippen LogP contribution < -0.4 is 15.9 Å². The number of aryl methyl sites for hydroxylation is 1. The Hall–Kier alpha value is -3.94. The SMILES string of the molecule is Cc1ccc(-n2nc(C(C)(C)C)cc2C(=O)C=P(c2ccccc2)(c2ccccc2)c2ccccc2)cc1. The second-order valence-corrected chi connectivity index (χ2v) is 13.9. The summed E-state index contributed by atoms with van der Waals surface area (Å²) in [6.07, 6.45) is 0. The van der Waals surface area contributed by atoms with Gasteiger partial charge in [-0.15, -0.1) is 0 Å². The molecule has 0 unspecified atom stereocenters. The van der Waals surface area contributed by atoms with E-state index in [1.54, 1.807) is 0 Å². The Morgan fingerprint density at radius 1 is 0.711 bits per heavy atom. The number of ketones is 1. The zero-order valence-corrected chi connectivity index (χ0v) is 23.3. The Kier molecular flexibility index (Phi) is 7.06. The lowest BCUT2D eigenvalue weighted by molar-refractivity contribution is 0.106. The molecule has 5 rings (SSSR count). The van der Waals surface area contributed by atoms with Crippen molar-refractivity contribution in [3.05, 3.63) is 138 Å². The maximum atomic E-state index is 14.5. The second kappa shape index (κ2) is 10.4. The van der Waals surface area contributed by atoms with Gasteiger partial charge >= 0.3 is 0 Å². The number of Topliss-reactive ketones (excluding diaryl/α,β-unsaturated/α-hetero) is 1. The molecule has 0 saturated heterocycles. The summed E-state index contributed by atoms with van der Waals surface area (Å²) in [6, 6.07) is 41.4. The van der Waals surface area contributed by atoms with E-state index in [-0.39, 0.29) is 11.2 Å². The van der Waals surface area contributed by atoms with Crippen molar-refractivity contribution < 1.29 is 4.79 Å². The van der Waals surface area contributed by atoms with Crippen molar-refractivity contribution in [2.75, 3.05) is 0 Å². The van der Waals surface area contributed by atoms with E-state index in [1.165, 1.54) is 5.56 Å². The van der Waals surface area contributed by atoms with Crippen molar-refractivity contribution >= 4 is 34.4 Å². The molecule has 0 saturated carbocycles. The van der Waals surface area contributed by atoms with E-state index in [2.05, 4.69) is 113 Å². The Labute approximate surface area is 225 Å². The molecule has 1 heterocycles. The highest BCUT2D eigenvalue weighted by molar-refractivity contribution is 7.95. The standard InChI is InChI=1S/C34H33N2OP/c1-26-20-22-27(23-21-26)36-31(24-33(35-36)34(2,3)4)32(37)25-38(28-14-8-5-9-15-28,29-16-10-6-11-17-29)30-18-12-7-13-19-30/h5-25H,1-4H3. The smallest absolute Gasteiger partial charge is 0.205 e. The van der Waals surface area contributed by atoms with Crippen molar-refractivity contribution in [2.45, 2.75) is 33.1 Å². The molecule has 1 aromatic heterocycles. The molecular weight excluding hydrogens is 483 g/mol. The lowest BCUT2D eigenvalue weighted by atomic mass is 9.92. The van der Waals surface area contributed by atoms with Crippen LogP contribution in [0.25, 0.3) is 5.69 Å². The summed E-state index contributed by atoms with van der Waals surface area (Å²) in [6.45, 7) is 6.00. The van der Waals surface area contributed by atoms with Gasteiger partial charge in [-0.1, -0.05) is 129 Å². The van der Waals surface area contributed by atoms with Gasteiger partial charge in [0.2, 0.25) is 5.78 Å². The molecule has 0 radical (unpaired) electrons. The van der Waals surface area contributed by atoms with E-state index >= 15 is 0 Å². The normalized spacial score (nSPS) is 11.8. The first-order chi connectivity index (χ1) is 18.3. The average Bonchev–Trinajstić information content (AvgIpc) is 3.40. The molecule has 0 aliphatic carbocycles. The Morgan fingerprint density at radius 2 is 1.16 bits per heavy atom. The zero-order valence-electron chi connectivity index (χ0n) is 22.4. The van der Waals surface area contributed by atoms with Crippen LogP contribution in [0.15, 0.2) is 121 Å². The number of aromatic nitrogens is 2. The average molecular weight is 517 g/mol. The van der Waals surface area contributed by atoms with E-state index in [4.69, 9.17) is 5.10 Å². The van der Waals surface area contributed by atoms with E-state index in [1.807, 2.05) is 46.9 Å². The summed E-state index contributed by atoms with van der Waals surface area (Å²) in [5, 5.41) is 8.36. The first kappa shape index (κ1) is 25.7. The Balaban J connectivity index is 1.82. The molecular formula is C34H33N2OP. The molecule has 5 aromatic rings. The molecule has 0 atom stereocenters. The van der Waals surface area contributed by atoms with Crippen LogP contribution in [0, 0.1) is 6.92 Å². The highest BCUT2D eigenvalue weighted by atomic mass is 31.2. The van der Waals surface area contributed by atoms with Crippen LogP contribution in [0.3, 0.4) is 0 Å². The van der Waals surface area contributed by atoms with Crippen LogP contribution in [0.5, 0.6) is 0 Å². The van der Waals surface area contributed by atoms with Crippen molar-refractivity contribution in [3.63, 3.8) is 0 Å². The minimum atomic E-state index is -2.44. The van der Waals surface area contributed by atoms with Gasteiger partial charge in [-0.2, -0.15) is 5.10 Å². The summed E-state index contributed by atoms with van der Waals surface area (Å²) in [5.74, 6) is 1.96. The summed E-state index contributed by atoms with van der Waals surface area (Å²) in [7, 11) is 0. The number of hydrogen-bond acceptors (Lipinski definition) is 2. The van der Waals surface area contributed by atoms with Gasteiger partial charge in [-0.05, 0) is 53.7 Å². The minimum absolute atomic E-state index is 0.0292. The fourth-order valence-corrected chi connectivity index (χ4v) is 8.46. The van der Waals surface area contributed by atoms with Gasteiger partial charge in [0.1, 0.15) is 5.69 Å². The fraction of sp³-hybridized carbons (Fsp3) is 0.147. The molecule has 4 heteroatoms. The zero-order chi connectivity index (χ0) is 26.8. The first-order valence-electron chi connectivity index (χ1n) is 12.9.